The molecule has 1 aromatic carbocycles. The van der Waals surface area contributed by atoms with E-state index in [0.717, 1.165) is 12.1 Å². The third-order valence-electron chi connectivity index (χ3n) is 4.69. The molecular weight excluding hydrogens is 336 g/mol. The second kappa shape index (κ2) is 6.36. The minimum Gasteiger partial charge on any atom is -0.454 e. The number of likely N-dealkylation sites (tertiary alicyclic amines) is 1. The molecule has 26 heavy (non-hydrogen) atoms. The Kier molecular flexibility index (Phi) is 4.02. The van der Waals surface area contributed by atoms with Gasteiger partial charge in [0.2, 0.25) is 12.7 Å². The van der Waals surface area contributed by atoms with Gasteiger partial charge in [0.1, 0.15) is 0 Å². The van der Waals surface area contributed by atoms with Crippen molar-refractivity contribution in [2.24, 2.45) is 0 Å². The van der Waals surface area contributed by atoms with E-state index in [2.05, 4.69) is 9.97 Å². The zero-order chi connectivity index (χ0) is 18.3. The van der Waals surface area contributed by atoms with Crippen LogP contribution in [-0.4, -0.2) is 54.8 Å². The molecule has 2 aromatic rings. The van der Waals surface area contributed by atoms with Crippen LogP contribution in [0.3, 0.4) is 0 Å². The molecule has 0 radical (unpaired) electrons. The van der Waals surface area contributed by atoms with Crippen LogP contribution in [0.1, 0.15) is 28.4 Å². The van der Waals surface area contributed by atoms with Gasteiger partial charge in [-0.3, -0.25) is 14.6 Å². The molecule has 136 valence electrons. The number of benzene rings is 1. The Labute approximate surface area is 150 Å². The highest BCUT2D eigenvalue weighted by molar-refractivity contribution is 5.95. The molecule has 1 fully saturated rings. The minimum absolute atomic E-state index is 0.0500. The van der Waals surface area contributed by atoms with Crippen molar-refractivity contribution in [3.8, 4) is 11.5 Å². The number of fused-ring (bicyclic) bond motifs is 1. The Morgan fingerprint density at radius 2 is 2.08 bits per heavy atom. The van der Waals surface area contributed by atoms with Gasteiger partial charge in [0, 0.05) is 44.7 Å². The second-order valence-electron chi connectivity index (χ2n) is 6.69. The summed E-state index contributed by atoms with van der Waals surface area (Å²) in [6.45, 7) is 1.35. The number of amides is 1. The van der Waals surface area contributed by atoms with Gasteiger partial charge in [-0.15, -0.1) is 0 Å². The first kappa shape index (κ1) is 16.4. The highest BCUT2D eigenvalue weighted by atomic mass is 16.7. The molecule has 0 spiro atoms. The molecule has 8 nitrogen and oxygen atoms in total. The molecule has 3 heterocycles. The van der Waals surface area contributed by atoms with E-state index in [0.29, 0.717) is 36.1 Å². The summed E-state index contributed by atoms with van der Waals surface area (Å²) in [5.74, 6) is 1.77. The first-order valence-corrected chi connectivity index (χ1v) is 8.49. The number of rotatable bonds is 3. The number of carbonyl (C=O) groups excluding carboxylic acids is 1. The summed E-state index contributed by atoms with van der Waals surface area (Å²) in [6, 6.07) is 6.74. The van der Waals surface area contributed by atoms with Crippen LogP contribution in [0.4, 0.5) is 5.95 Å². The molecular formula is C18H20N4O4. The standard InChI is InChI=1S/C18H20N4O4/c1-21(2)18-19-13(8-16(23)20-18)12-5-6-22(9-12)17(24)11-3-4-14-15(7-11)26-10-25-14/h3-4,7-8,12H,5-6,9-10H2,1-2H3,(H,19,20,23). The molecule has 2 aliphatic rings. The summed E-state index contributed by atoms with van der Waals surface area (Å²) >= 11 is 0. The van der Waals surface area contributed by atoms with Crippen LogP contribution < -0.4 is 19.9 Å². The van der Waals surface area contributed by atoms with Gasteiger partial charge in [0.05, 0.1) is 5.69 Å². The average Bonchev–Trinajstić information content (AvgIpc) is 3.29. The lowest BCUT2D eigenvalue weighted by Crippen LogP contribution is -2.28. The van der Waals surface area contributed by atoms with Crippen molar-refractivity contribution in [2.75, 3.05) is 38.9 Å². The topological polar surface area (TPSA) is 87.8 Å². The van der Waals surface area contributed by atoms with Crippen LogP contribution >= 0.6 is 0 Å². The third kappa shape index (κ3) is 2.98. The molecule has 4 rings (SSSR count). The number of aromatic nitrogens is 2. The van der Waals surface area contributed by atoms with Crippen LogP contribution in [0.2, 0.25) is 0 Å². The Morgan fingerprint density at radius 1 is 1.27 bits per heavy atom. The van der Waals surface area contributed by atoms with E-state index in [1.807, 2.05) is 14.1 Å². The first-order valence-electron chi connectivity index (χ1n) is 8.49. The number of carbonyl (C=O) groups is 1. The van der Waals surface area contributed by atoms with Gasteiger partial charge < -0.3 is 19.3 Å². The lowest BCUT2D eigenvalue weighted by Gasteiger charge is -2.17. The first-order chi connectivity index (χ1) is 12.5. The predicted molar refractivity (Wildman–Crippen MR) is 95.0 cm³/mol. The number of nitrogens with zero attached hydrogens (tertiary/aromatic N) is 3. The molecule has 0 bridgehead atoms. The average molecular weight is 356 g/mol. The zero-order valence-corrected chi connectivity index (χ0v) is 14.7. The van der Waals surface area contributed by atoms with Crippen molar-refractivity contribution in [2.45, 2.75) is 12.3 Å². The van der Waals surface area contributed by atoms with Crippen molar-refractivity contribution in [3.63, 3.8) is 0 Å². The van der Waals surface area contributed by atoms with Crippen LogP contribution in [0.15, 0.2) is 29.1 Å². The van der Waals surface area contributed by atoms with E-state index < -0.39 is 0 Å². The van der Waals surface area contributed by atoms with Crippen molar-refractivity contribution in [1.82, 2.24) is 14.9 Å². The number of H-pyrrole nitrogens is 1. The fraction of sp³-hybridized carbons (Fsp3) is 0.389. The number of ether oxygens (including phenoxy) is 2. The Hall–Kier alpha value is -3.03. The molecule has 0 aliphatic carbocycles. The van der Waals surface area contributed by atoms with Crippen molar-refractivity contribution in [1.29, 1.82) is 0 Å². The van der Waals surface area contributed by atoms with Gasteiger partial charge in [-0.2, -0.15) is 0 Å². The molecule has 1 aromatic heterocycles. The molecule has 1 saturated heterocycles. The summed E-state index contributed by atoms with van der Waals surface area (Å²) in [5.41, 5.74) is 1.11. The van der Waals surface area contributed by atoms with E-state index in [1.54, 1.807) is 28.0 Å². The van der Waals surface area contributed by atoms with Gasteiger partial charge in [0.25, 0.3) is 11.5 Å². The lowest BCUT2D eigenvalue weighted by molar-refractivity contribution is 0.0790. The number of anilines is 1. The highest BCUT2D eigenvalue weighted by Gasteiger charge is 2.30. The van der Waals surface area contributed by atoms with Gasteiger partial charge >= 0.3 is 0 Å². The van der Waals surface area contributed by atoms with E-state index in [9.17, 15) is 9.59 Å². The molecule has 8 heteroatoms. The van der Waals surface area contributed by atoms with Crippen LogP contribution in [-0.2, 0) is 0 Å². The zero-order valence-electron chi connectivity index (χ0n) is 14.7. The summed E-state index contributed by atoms with van der Waals surface area (Å²) < 4.78 is 10.6. The molecule has 1 atom stereocenters. The van der Waals surface area contributed by atoms with Gasteiger partial charge in [-0.05, 0) is 24.6 Å². The summed E-state index contributed by atoms with van der Waals surface area (Å²) in [6.07, 6.45) is 0.777. The van der Waals surface area contributed by atoms with E-state index in [4.69, 9.17) is 9.47 Å². The number of hydrogen-bond acceptors (Lipinski definition) is 6. The van der Waals surface area contributed by atoms with E-state index in [-0.39, 0.29) is 24.2 Å². The van der Waals surface area contributed by atoms with Crippen LogP contribution in [0.25, 0.3) is 0 Å². The highest BCUT2D eigenvalue weighted by Crippen LogP contribution is 2.34. The fourth-order valence-corrected chi connectivity index (χ4v) is 3.28. The molecule has 2 aliphatic heterocycles. The van der Waals surface area contributed by atoms with Crippen molar-refractivity contribution >= 4 is 11.9 Å². The molecule has 1 N–H and O–H groups in total. The Balaban J connectivity index is 1.52. The van der Waals surface area contributed by atoms with Gasteiger partial charge in [0.15, 0.2) is 11.5 Å². The van der Waals surface area contributed by atoms with Crippen molar-refractivity contribution < 1.29 is 14.3 Å². The van der Waals surface area contributed by atoms with Crippen LogP contribution in [0, 0.1) is 0 Å². The van der Waals surface area contributed by atoms with Gasteiger partial charge in [-0.1, -0.05) is 0 Å². The fourth-order valence-electron chi connectivity index (χ4n) is 3.28. The monoisotopic (exact) mass is 356 g/mol. The van der Waals surface area contributed by atoms with Crippen molar-refractivity contribution in [3.05, 3.63) is 45.9 Å². The van der Waals surface area contributed by atoms with E-state index in [1.165, 1.54) is 6.07 Å². The number of hydrogen-bond donors (Lipinski definition) is 1. The summed E-state index contributed by atoms with van der Waals surface area (Å²) in [5, 5.41) is 0. The maximum absolute atomic E-state index is 12.8. The Morgan fingerprint density at radius 3 is 2.88 bits per heavy atom. The third-order valence-corrected chi connectivity index (χ3v) is 4.69. The van der Waals surface area contributed by atoms with E-state index >= 15 is 0 Å². The maximum atomic E-state index is 12.8. The summed E-state index contributed by atoms with van der Waals surface area (Å²) in [7, 11) is 3.65. The van der Waals surface area contributed by atoms with Gasteiger partial charge in [-0.25, -0.2) is 4.98 Å². The normalized spacial score (nSPS) is 18.2. The van der Waals surface area contributed by atoms with Crippen LogP contribution in [0.5, 0.6) is 11.5 Å². The quantitative estimate of drug-likeness (QED) is 0.889. The Bertz CT molecular complexity index is 908. The molecule has 0 saturated carbocycles. The maximum Gasteiger partial charge on any atom is 0.254 e. The number of aromatic amines is 1. The largest absolute Gasteiger partial charge is 0.454 e. The number of nitrogens with one attached hydrogen (secondary N) is 1. The lowest BCUT2D eigenvalue weighted by atomic mass is 10.0. The predicted octanol–water partition coefficient (Wildman–Crippen LogP) is 1.19. The SMILES string of the molecule is CN(C)c1nc(C2CCN(C(=O)c3ccc4c(c3)OCO4)C2)cc(=O)[nH]1. The minimum atomic E-state index is -0.181. The molecule has 1 amide bonds. The molecule has 1 unspecified atom stereocenters. The smallest absolute Gasteiger partial charge is 0.254 e. The summed E-state index contributed by atoms with van der Waals surface area (Å²) in [4.78, 5) is 35.5. The second-order valence-corrected chi connectivity index (χ2v) is 6.69.